The number of unbranched alkanes of at least 4 members (excludes halogenated alkanes) is 2. The van der Waals surface area contributed by atoms with Crippen molar-refractivity contribution >= 4 is 28.5 Å². The molecule has 2 nitrogen and oxygen atoms in total. The van der Waals surface area contributed by atoms with Gasteiger partial charge in [0.05, 0.1) is 0 Å². The van der Waals surface area contributed by atoms with Gasteiger partial charge in [-0.25, -0.2) is 4.79 Å². The fourth-order valence-electron chi connectivity index (χ4n) is 1.32. The molecule has 93 valence electrons. The molecule has 3 radical (unpaired) electrons. The summed E-state index contributed by atoms with van der Waals surface area (Å²) in [7, 11) is 0. The third-order valence-electron chi connectivity index (χ3n) is 2.79. The van der Waals surface area contributed by atoms with Crippen LogP contribution in [0.15, 0.2) is 12.7 Å². The summed E-state index contributed by atoms with van der Waals surface area (Å²) in [5.74, 6) is -0.981. The van der Waals surface area contributed by atoms with E-state index in [0.717, 1.165) is 9.51 Å². The molecule has 0 saturated carbocycles. The molecular weight excluding hydrogens is 307 g/mol. The molecule has 0 fully saturated rings. The van der Waals surface area contributed by atoms with Gasteiger partial charge >= 0.3 is 91.2 Å². The molecule has 0 heterocycles. The molecule has 16 heavy (non-hydrogen) atoms. The second kappa shape index (κ2) is 11.5. The summed E-state index contributed by atoms with van der Waals surface area (Å²) in [5.41, 5.74) is 0. The molecule has 0 unspecified atom stereocenters. The van der Waals surface area contributed by atoms with Crippen LogP contribution in [0.4, 0.5) is 0 Å². The van der Waals surface area contributed by atoms with E-state index in [9.17, 15) is 4.79 Å². The van der Waals surface area contributed by atoms with Crippen molar-refractivity contribution < 1.29 is 9.90 Å². The summed E-state index contributed by atoms with van der Waals surface area (Å²) >= 11 is 1.75. The van der Waals surface area contributed by atoms with Gasteiger partial charge in [-0.1, -0.05) is 6.58 Å². The molecule has 0 aromatic carbocycles. The van der Waals surface area contributed by atoms with Crippen molar-refractivity contribution in [3.8, 4) is 0 Å². The van der Waals surface area contributed by atoms with E-state index in [1.54, 1.807) is 22.5 Å². The summed E-state index contributed by atoms with van der Waals surface area (Å²) < 4.78 is 0.724. The van der Waals surface area contributed by atoms with E-state index >= 15 is 0 Å². The van der Waals surface area contributed by atoms with Gasteiger partial charge in [0.2, 0.25) is 0 Å². The Morgan fingerprint density at radius 2 is 1.75 bits per heavy atom. The van der Waals surface area contributed by atoms with E-state index < -0.39 is 5.97 Å². The number of hydrogen-bond acceptors (Lipinski definition) is 1. The summed E-state index contributed by atoms with van der Waals surface area (Å²) in [6.45, 7) is 9.92. The van der Waals surface area contributed by atoms with Crippen LogP contribution < -0.4 is 0 Å². The molecule has 0 aromatic heterocycles. The number of hydrogen-bond donors (Lipinski definition) is 1. The van der Waals surface area contributed by atoms with E-state index in [1.807, 2.05) is 0 Å². The third kappa shape index (κ3) is 12.1. The van der Waals surface area contributed by atoms with Crippen LogP contribution in [0, 0.1) is 0 Å². The molecule has 0 aliphatic rings. The zero-order valence-corrected chi connectivity index (χ0v) is 13.7. The molecule has 0 aliphatic carbocycles. The van der Waals surface area contributed by atoms with Crippen molar-refractivity contribution in [1.29, 1.82) is 0 Å². The van der Waals surface area contributed by atoms with Crippen molar-refractivity contribution in [1.82, 2.24) is 0 Å². The maximum absolute atomic E-state index is 9.25. The van der Waals surface area contributed by atoms with Crippen molar-refractivity contribution in [2.24, 2.45) is 0 Å². The van der Waals surface area contributed by atoms with Crippen LogP contribution in [-0.4, -0.2) is 33.6 Å². The molecular formula is C13H25O2Sn. The van der Waals surface area contributed by atoms with Crippen LogP contribution in [-0.2, 0) is 4.79 Å². The SMILES string of the molecule is C=CC(=O)O.CCCCC[C]([Sn])(CC)CC. The van der Waals surface area contributed by atoms with Crippen LogP contribution in [0.5, 0.6) is 0 Å². The molecule has 0 aliphatic heterocycles. The van der Waals surface area contributed by atoms with Gasteiger partial charge in [-0.05, 0) is 0 Å². The Bertz CT molecular complexity index is 186. The molecule has 0 bridgehead atoms. The first-order valence-corrected chi connectivity index (χ1v) is 7.48. The van der Waals surface area contributed by atoms with E-state index in [2.05, 4.69) is 27.4 Å². The second-order valence-corrected chi connectivity index (χ2v) is 7.01. The average Bonchev–Trinajstić information content (AvgIpc) is 2.30. The minimum atomic E-state index is -0.981. The Morgan fingerprint density at radius 1 is 1.31 bits per heavy atom. The van der Waals surface area contributed by atoms with E-state index in [0.29, 0.717) is 0 Å². The standard InChI is InChI=1S/C10H21.C3H4O2.Sn/c1-4-7-8-9-10(5-2)6-3;1-2-3(4)5;/h4-9H2,1-3H3;2H,1H2,(H,4,5);. The van der Waals surface area contributed by atoms with E-state index in [1.165, 1.54) is 38.5 Å². The molecule has 0 rings (SSSR count). The quantitative estimate of drug-likeness (QED) is 0.435. The van der Waals surface area contributed by atoms with Crippen LogP contribution in [0.2, 0.25) is 3.43 Å². The van der Waals surface area contributed by atoms with E-state index in [-0.39, 0.29) is 0 Å². The minimum absolute atomic E-state index is 0.724. The van der Waals surface area contributed by atoms with E-state index in [4.69, 9.17) is 5.11 Å². The van der Waals surface area contributed by atoms with Crippen molar-refractivity contribution in [2.45, 2.75) is 62.7 Å². The topological polar surface area (TPSA) is 37.3 Å². The Morgan fingerprint density at radius 3 is 2.00 bits per heavy atom. The number of carboxylic acids is 1. The number of aliphatic carboxylic acids is 1. The first-order valence-electron chi connectivity index (χ1n) is 6.06. The molecule has 0 saturated heterocycles. The van der Waals surface area contributed by atoms with Crippen LogP contribution in [0.3, 0.4) is 0 Å². The molecule has 3 heteroatoms. The zero-order chi connectivity index (χ0) is 13.0. The van der Waals surface area contributed by atoms with Gasteiger partial charge in [0, 0.05) is 6.08 Å². The molecule has 0 amide bonds. The Kier molecular flexibility index (Phi) is 13.2. The van der Waals surface area contributed by atoms with Crippen LogP contribution in [0.25, 0.3) is 0 Å². The van der Waals surface area contributed by atoms with Crippen molar-refractivity contribution in [2.75, 3.05) is 0 Å². The number of carboxylic acid groups (broad SMARTS) is 1. The van der Waals surface area contributed by atoms with Gasteiger partial charge < -0.3 is 5.11 Å². The predicted molar refractivity (Wildman–Crippen MR) is 71.0 cm³/mol. The van der Waals surface area contributed by atoms with Gasteiger partial charge in [-0.2, -0.15) is 0 Å². The van der Waals surface area contributed by atoms with Gasteiger partial charge in [0.25, 0.3) is 0 Å². The summed E-state index contributed by atoms with van der Waals surface area (Å²) in [5, 5.41) is 7.60. The Labute approximate surface area is 114 Å². The summed E-state index contributed by atoms with van der Waals surface area (Å²) in [6, 6.07) is 0. The summed E-state index contributed by atoms with van der Waals surface area (Å²) in [4.78, 5) is 9.25. The first kappa shape index (κ1) is 18.4. The third-order valence-corrected chi connectivity index (χ3v) is 5.52. The fourth-order valence-corrected chi connectivity index (χ4v) is 1.82. The molecule has 0 atom stereocenters. The predicted octanol–water partition coefficient (Wildman–Crippen LogP) is 3.97. The van der Waals surface area contributed by atoms with Crippen LogP contribution in [0.1, 0.15) is 59.3 Å². The Balaban J connectivity index is 0. The van der Waals surface area contributed by atoms with Gasteiger partial charge in [0.1, 0.15) is 0 Å². The molecule has 1 N–H and O–H groups in total. The maximum atomic E-state index is 9.25. The monoisotopic (exact) mass is 333 g/mol. The molecule has 0 spiro atoms. The number of carbonyl (C=O) groups is 1. The second-order valence-electron chi connectivity index (χ2n) is 3.99. The first-order chi connectivity index (χ1) is 7.45. The van der Waals surface area contributed by atoms with Gasteiger partial charge in [-0.3, -0.25) is 0 Å². The van der Waals surface area contributed by atoms with Crippen LogP contribution >= 0.6 is 0 Å². The normalized spacial score (nSPS) is 10.2. The fraction of sp³-hybridized carbons (Fsp3) is 0.769. The molecule has 0 aromatic rings. The summed E-state index contributed by atoms with van der Waals surface area (Å²) in [6.07, 6.45) is 9.29. The number of rotatable bonds is 7. The van der Waals surface area contributed by atoms with Gasteiger partial charge in [-0.15, -0.1) is 0 Å². The zero-order valence-electron chi connectivity index (χ0n) is 10.9. The van der Waals surface area contributed by atoms with Crippen molar-refractivity contribution in [3.05, 3.63) is 12.7 Å². The van der Waals surface area contributed by atoms with Gasteiger partial charge in [0.15, 0.2) is 0 Å². The average molecular weight is 332 g/mol. The Hall–Kier alpha value is 0.00870. The van der Waals surface area contributed by atoms with Crippen molar-refractivity contribution in [3.63, 3.8) is 0 Å².